The van der Waals surface area contributed by atoms with Gasteiger partial charge in [-0.1, -0.05) is 0 Å². The van der Waals surface area contributed by atoms with E-state index in [9.17, 15) is 4.79 Å². The lowest BCUT2D eigenvalue weighted by atomic mass is 9.98. The lowest BCUT2D eigenvalue weighted by molar-refractivity contribution is -0.125. The SMILES string of the molecule is NC(=O)C(O)CNCC1CCNCC1. The largest absolute Gasteiger partial charge is 0.382 e. The molecule has 1 fully saturated rings. The first-order chi connectivity index (χ1) is 6.70. The molecule has 5 heteroatoms. The number of aliphatic hydroxyl groups excluding tert-OH is 1. The first-order valence-electron chi connectivity index (χ1n) is 5.09. The minimum atomic E-state index is -1.06. The predicted molar refractivity (Wildman–Crippen MR) is 53.7 cm³/mol. The number of nitrogens with one attached hydrogen (secondary N) is 2. The van der Waals surface area contributed by atoms with E-state index >= 15 is 0 Å². The number of carbonyl (C=O) groups excluding carboxylic acids is 1. The molecule has 14 heavy (non-hydrogen) atoms. The zero-order chi connectivity index (χ0) is 10.4. The second-order valence-electron chi connectivity index (χ2n) is 3.77. The van der Waals surface area contributed by atoms with Crippen molar-refractivity contribution < 1.29 is 9.90 Å². The third kappa shape index (κ3) is 4.04. The van der Waals surface area contributed by atoms with Crippen molar-refractivity contribution in [2.24, 2.45) is 11.7 Å². The Balaban J connectivity index is 2.05. The Hall–Kier alpha value is -0.650. The molecular weight excluding hydrogens is 182 g/mol. The molecule has 1 aliphatic heterocycles. The molecular formula is C9H19N3O2. The van der Waals surface area contributed by atoms with Gasteiger partial charge in [-0.15, -0.1) is 0 Å². The lowest BCUT2D eigenvalue weighted by Gasteiger charge is -2.23. The van der Waals surface area contributed by atoms with Crippen LogP contribution >= 0.6 is 0 Å². The topological polar surface area (TPSA) is 87.4 Å². The van der Waals surface area contributed by atoms with Gasteiger partial charge >= 0.3 is 0 Å². The molecule has 5 nitrogen and oxygen atoms in total. The fourth-order valence-electron chi connectivity index (χ4n) is 1.61. The summed E-state index contributed by atoms with van der Waals surface area (Å²) in [5.74, 6) is -0.0147. The number of primary amides is 1. The molecule has 1 amide bonds. The Labute approximate surface area is 84.0 Å². The van der Waals surface area contributed by atoms with Gasteiger partial charge in [0.05, 0.1) is 0 Å². The van der Waals surface area contributed by atoms with Crippen molar-refractivity contribution in [1.29, 1.82) is 0 Å². The number of hydrogen-bond donors (Lipinski definition) is 4. The Kier molecular flexibility index (Phi) is 4.86. The van der Waals surface area contributed by atoms with Crippen LogP contribution in [-0.2, 0) is 4.79 Å². The zero-order valence-corrected chi connectivity index (χ0v) is 8.33. The van der Waals surface area contributed by atoms with Gasteiger partial charge in [-0.05, 0) is 38.4 Å². The average Bonchev–Trinajstić information content (AvgIpc) is 2.19. The van der Waals surface area contributed by atoms with Gasteiger partial charge in [0.1, 0.15) is 6.10 Å². The molecule has 1 unspecified atom stereocenters. The highest BCUT2D eigenvalue weighted by Crippen LogP contribution is 2.09. The summed E-state index contributed by atoms with van der Waals surface area (Å²) in [5, 5.41) is 15.4. The van der Waals surface area contributed by atoms with Gasteiger partial charge in [0.2, 0.25) is 5.91 Å². The number of nitrogens with two attached hydrogens (primary N) is 1. The Bertz CT molecular complexity index is 181. The third-order valence-corrected chi connectivity index (χ3v) is 2.56. The molecule has 1 saturated heterocycles. The van der Waals surface area contributed by atoms with Gasteiger partial charge in [-0.25, -0.2) is 0 Å². The highest BCUT2D eigenvalue weighted by atomic mass is 16.3. The number of hydrogen-bond acceptors (Lipinski definition) is 4. The molecule has 5 N–H and O–H groups in total. The molecule has 0 aromatic rings. The molecule has 0 saturated carbocycles. The Morgan fingerprint density at radius 2 is 2.21 bits per heavy atom. The van der Waals surface area contributed by atoms with Crippen molar-refractivity contribution >= 4 is 5.91 Å². The summed E-state index contributed by atoms with van der Waals surface area (Å²) in [5.41, 5.74) is 4.92. The Morgan fingerprint density at radius 1 is 1.57 bits per heavy atom. The van der Waals surface area contributed by atoms with E-state index in [0.29, 0.717) is 5.92 Å². The third-order valence-electron chi connectivity index (χ3n) is 2.56. The second kappa shape index (κ2) is 5.95. The van der Waals surface area contributed by atoms with Crippen molar-refractivity contribution in [3.63, 3.8) is 0 Å². The van der Waals surface area contributed by atoms with E-state index in [2.05, 4.69) is 10.6 Å². The van der Waals surface area contributed by atoms with Gasteiger partial charge in [0.15, 0.2) is 0 Å². The summed E-state index contributed by atoms with van der Waals surface area (Å²) in [7, 11) is 0. The Morgan fingerprint density at radius 3 is 2.79 bits per heavy atom. The molecule has 0 bridgehead atoms. The van der Waals surface area contributed by atoms with Crippen LogP contribution in [0, 0.1) is 5.92 Å². The van der Waals surface area contributed by atoms with Crippen LogP contribution in [0.5, 0.6) is 0 Å². The maximum atomic E-state index is 10.5. The van der Waals surface area contributed by atoms with Crippen LogP contribution in [0.4, 0.5) is 0 Å². The molecule has 1 rings (SSSR count). The van der Waals surface area contributed by atoms with Gasteiger partial charge in [-0.2, -0.15) is 0 Å². The van der Waals surface area contributed by atoms with Crippen LogP contribution in [0.1, 0.15) is 12.8 Å². The first-order valence-corrected chi connectivity index (χ1v) is 5.09. The molecule has 0 aromatic carbocycles. The smallest absolute Gasteiger partial charge is 0.247 e. The van der Waals surface area contributed by atoms with Crippen LogP contribution < -0.4 is 16.4 Å². The van der Waals surface area contributed by atoms with Gasteiger partial charge in [0, 0.05) is 6.54 Å². The summed E-state index contributed by atoms with van der Waals surface area (Å²) in [6, 6.07) is 0. The maximum absolute atomic E-state index is 10.5. The normalized spacial score (nSPS) is 20.6. The molecule has 82 valence electrons. The van der Waals surface area contributed by atoms with Crippen LogP contribution in [0.3, 0.4) is 0 Å². The molecule has 1 heterocycles. The number of carbonyl (C=O) groups is 1. The van der Waals surface area contributed by atoms with Crippen molar-refractivity contribution in [1.82, 2.24) is 10.6 Å². The van der Waals surface area contributed by atoms with E-state index in [-0.39, 0.29) is 6.54 Å². The highest BCUT2D eigenvalue weighted by molar-refractivity contribution is 5.78. The summed E-state index contributed by atoms with van der Waals surface area (Å²) in [4.78, 5) is 10.5. The summed E-state index contributed by atoms with van der Waals surface area (Å²) in [6.07, 6.45) is 1.25. The van der Waals surface area contributed by atoms with Crippen molar-refractivity contribution in [2.75, 3.05) is 26.2 Å². The number of piperidine rings is 1. The predicted octanol–water partition coefficient (Wildman–Crippen LogP) is -1.58. The van der Waals surface area contributed by atoms with E-state index in [1.807, 2.05) is 0 Å². The van der Waals surface area contributed by atoms with E-state index in [1.54, 1.807) is 0 Å². The van der Waals surface area contributed by atoms with Crippen LogP contribution in [0.15, 0.2) is 0 Å². The van der Waals surface area contributed by atoms with Crippen LogP contribution in [0.2, 0.25) is 0 Å². The molecule has 0 spiro atoms. The molecule has 1 atom stereocenters. The van der Waals surface area contributed by atoms with Gasteiger partial charge in [-0.3, -0.25) is 4.79 Å². The number of rotatable bonds is 5. The zero-order valence-electron chi connectivity index (χ0n) is 8.33. The van der Waals surface area contributed by atoms with Gasteiger partial charge in [0.25, 0.3) is 0 Å². The molecule has 0 radical (unpaired) electrons. The molecule has 0 aromatic heterocycles. The van der Waals surface area contributed by atoms with E-state index in [0.717, 1.165) is 32.5 Å². The fraction of sp³-hybridized carbons (Fsp3) is 0.889. The summed E-state index contributed by atoms with van der Waals surface area (Å²) in [6.45, 7) is 3.24. The van der Waals surface area contributed by atoms with Crippen molar-refractivity contribution in [3.8, 4) is 0 Å². The maximum Gasteiger partial charge on any atom is 0.247 e. The standard InChI is InChI=1S/C9H19N3O2/c10-9(14)8(13)6-12-5-7-1-3-11-4-2-7/h7-8,11-13H,1-6H2,(H2,10,14). The average molecular weight is 201 g/mol. The number of aliphatic hydroxyl groups is 1. The quantitative estimate of drug-likeness (QED) is 0.432. The second-order valence-corrected chi connectivity index (χ2v) is 3.77. The first kappa shape index (κ1) is 11.4. The minimum Gasteiger partial charge on any atom is -0.382 e. The summed E-state index contributed by atoms with van der Waals surface area (Å²) >= 11 is 0. The van der Waals surface area contributed by atoms with Crippen molar-refractivity contribution in [3.05, 3.63) is 0 Å². The van der Waals surface area contributed by atoms with Crippen LogP contribution in [0.25, 0.3) is 0 Å². The highest BCUT2D eigenvalue weighted by Gasteiger charge is 2.14. The van der Waals surface area contributed by atoms with Gasteiger partial charge < -0.3 is 21.5 Å². The van der Waals surface area contributed by atoms with E-state index in [1.165, 1.54) is 0 Å². The lowest BCUT2D eigenvalue weighted by Crippen LogP contribution is -2.40. The minimum absolute atomic E-state index is 0.263. The van der Waals surface area contributed by atoms with Crippen LogP contribution in [-0.4, -0.2) is 43.3 Å². The fourth-order valence-corrected chi connectivity index (χ4v) is 1.61. The molecule has 0 aliphatic carbocycles. The van der Waals surface area contributed by atoms with E-state index in [4.69, 9.17) is 10.8 Å². The molecule has 1 aliphatic rings. The van der Waals surface area contributed by atoms with Crippen molar-refractivity contribution in [2.45, 2.75) is 18.9 Å². The number of amides is 1. The summed E-state index contributed by atoms with van der Waals surface area (Å²) < 4.78 is 0. The monoisotopic (exact) mass is 201 g/mol. The van der Waals surface area contributed by atoms with E-state index < -0.39 is 12.0 Å².